The van der Waals surface area contributed by atoms with Crippen LogP contribution in [0, 0.1) is 17.6 Å². The summed E-state index contributed by atoms with van der Waals surface area (Å²) in [5.41, 5.74) is 0.0262. The maximum atomic E-state index is 14.9. The molecule has 30 heavy (non-hydrogen) atoms. The Kier molecular flexibility index (Phi) is 6.97. The predicted molar refractivity (Wildman–Crippen MR) is 116 cm³/mol. The maximum absolute atomic E-state index is 14.9. The zero-order valence-corrected chi connectivity index (χ0v) is 18.8. The van der Waals surface area contributed by atoms with Gasteiger partial charge in [-0.25, -0.2) is 8.78 Å². The molecule has 9 heteroatoms. The molecule has 1 aliphatic carbocycles. The van der Waals surface area contributed by atoms with Crippen LogP contribution < -0.4 is 5.32 Å². The summed E-state index contributed by atoms with van der Waals surface area (Å²) in [5.74, 6) is -4.17. The van der Waals surface area contributed by atoms with Gasteiger partial charge in [0.15, 0.2) is 11.6 Å². The van der Waals surface area contributed by atoms with Crippen molar-refractivity contribution in [2.24, 2.45) is 5.92 Å². The molecule has 2 aromatic rings. The highest BCUT2D eigenvalue weighted by Gasteiger charge is 2.67. The first-order valence-corrected chi connectivity index (χ1v) is 10.8. The first-order chi connectivity index (χ1) is 14.1. The van der Waals surface area contributed by atoms with Gasteiger partial charge in [0, 0.05) is 12.3 Å². The van der Waals surface area contributed by atoms with Crippen LogP contribution in [0.5, 0.6) is 0 Å². The van der Waals surface area contributed by atoms with Gasteiger partial charge in [-0.2, -0.15) is 0 Å². The van der Waals surface area contributed by atoms with Gasteiger partial charge < -0.3 is 5.32 Å². The van der Waals surface area contributed by atoms with Crippen LogP contribution in [0.2, 0.25) is 10.0 Å². The van der Waals surface area contributed by atoms with Gasteiger partial charge in [-0.05, 0) is 36.2 Å². The van der Waals surface area contributed by atoms with Crippen LogP contribution in [0.25, 0.3) is 0 Å². The second kappa shape index (κ2) is 8.99. The average molecular weight is 495 g/mol. The number of ketones is 1. The molecule has 3 rings (SSSR count). The third kappa shape index (κ3) is 4.45. The highest BCUT2D eigenvalue weighted by Crippen LogP contribution is 2.65. The van der Waals surface area contributed by atoms with Crippen LogP contribution in [0.3, 0.4) is 0 Å². The number of halogens is 6. The lowest BCUT2D eigenvalue weighted by Gasteiger charge is -2.11. The highest BCUT2D eigenvalue weighted by molar-refractivity contribution is 6.53. The van der Waals surface area contributed by atoms with E-state index in [1.165, 1.54) is 24.3 Å². The first kappa shape index (κ1) is 23.3. The van der Waals surface area contributed by atoms with Gasteiger partial charge in [-0.3, -0.25) is 9.59 Å². The van der Waals surface area contributed by atoms with E-state index in [0.717, 1.165) is 12.5 Å². The average Bonchev–Trinajstić information content (AvgIpc) is 3.26. The van der Waals surface area contributed by atoms with Gasteiger partial charge in [-0.15, -0.1) is 23.2 Å². The molecule has 0 radical (unpaired) electrons. The van der Waals surface area contributed by atoms with Crippen molar-refractivity contribution in [3.63, 3.8) is 0 Å². The molecular formula is C21H17Cl4F2NO2. The van der Waals surface area contributed by atoms with E-state index in [0.29, 0.717) is 12.0 Å². The van der Waals surface area contributed by atoms with Gasteiger partial charge >= 0.3 is 0 Å². The standard InChI is InChI=1S/C21H17Cl4F2NO2/c1-2-3-4-15(29)16-11(22)6-8-14(19(16)27)28-20(30)18-17(21(18,24)25)10-5-7-13(26)12(23)9-10/h5-9,17-18H,2-4H2,1H3,(H,28,30). The molecule has 0 heterocycles. The van der Waals surface area contributed by atoms with Gasteiger partial charge in [-0.1, -0.05) is 42.6 Å². The zero-order chi connectivity index (χ0) is 22.2. The number of unbranched alkanes of at least 4 members (excludes halogenated alkanes) is 1. The van der Waals surface area contributed by atoms with Gasteiger partial charge in [0.25, 0.3) is 0 Å². The van der Waals surface area contributed by atoms with E-state index in [1.807, 2.05) is 6.92 Å². The second-order valence-electron chi connectivity index (χ2n) is 7.10. The van der Waals surface area contributed by atoms with Crippen molar-refractivity contribution in [3.05, 3.63) is 63.1 Å². The summed E-state index contributed by atoms with van der Waals surface area (Å²) < 4.78 is 26.9. The molecule has 1 saturated carbocycles. The van der Waals surface area contributed by atoms with E-state index < -0.39 is 39.5 Å². The first-order valence-electron chi connectivity index (χ1n) is 9.24. The third-order valence-electron chi connectivity index (χ3n) is 5.02. The fourth-order valence-corrected chi connectivity index (χ4v) is 4.62. The van der Waals surface area contributed by atoms with Gasteiger partial charge in [0.05, 0.1) is 27.2 Å². The molecule has 1 amide bonds. The lowest BCUT2D eigenvalue weighted by molar-refractivity contribution is -0.117. The fourth-order valence-electron chi connectivity index (χ4n) is 3.35. The van der Waals surface area contributed by atoms with E-state index in [-0.39, 0.29) is 27.7 Å². The minimum absolute atomic E-state index is 0.0270. The third-order valence-corrected chi connectivity index (χ3v) is 6.57. The normalized spacial score (nSPS) is 19.4. The van der Waals surface area contributed by atoms with E-state index in [2.05, 4.69) is 5.32 Å². The minimum atomic E-state index is -1.46. The topological polar surface area (TPSA) is 46.2 Å². The number of rotatable bonds is 7. The molecule has 3 nitrogen and oxygen atoms in total. The quantitative estimate of drug-likeness (QED) is 0.327. The van der Waals surface area contributed by atoms with Crippen LogP contribution in [0.15, 0.2) is 30.3 Å². The molecular weight excluding hydrogens is 478 g/mol. The number of Topliss-reactive ketones (excluding diaryl/α,β-unsaturated/α-hetero) is 1. The molecule has 0 spiro atoms. The van der Waals surface area contributed by atoms with E-state index in [9.17, 15) is 18.4 Å². The number of benzene rings is 2. The number of alkyl halides is 2. The Labute approximate surface area is 192 Å². The molecule has 0 bridgehead atoms. The zero-order valence-electron chi connectivity index (χ0n) is 15.7. The van der Waals surface area contributed by atoms with Gasteiger partial charge in [0.1, 0.15) is 10.2 Å². The summed E-state index contributed by atoms with van der Waals surface area (Å²) in [4.78, 5) is 25.1. The molecule has 0 saturated heterocycles. The summed E-state index contributed by atoms with van der Waals surface area (Å²) in [5, 5.41) is 2.28. The van der Waals surface area contributed by atoms with Crippen molar-refractivity contribution in [2.45, 2.75) is 36.4 Å². The molecule has 2 atom stereocenters. The molecule has 2 unspecified atom stereocenters. The molecule has 0 aliphatic heterocycles. The van der Waals surface area contributed by atoms with E-state index >= 15 is 0 Å². The second-order valence-corrected chi connectivity index (χ2v) is 9.36. The Hall–Kier alpha value is -1.40. The summed E-state index contributed by atoms with van der Waals surface area (Å²) in [6.07, 6.45) is 1.51. The Morgan fingerprint density at radius 3 is 2.43 bits per heavy atom. The number of hydrogen-bond donors (Lipinski definition) is 1. The number of amides is 1. The summed E-state index contributed by atoms with van der Waals surface area (Å²) in [7, 11) is 0. The lowest BCUT2D eigenvalue weighted by Crippen LogP contribution is -2.19. The number of nitrogens with one attached hydrogen (secondary N) is 1. The van der Waals surface area contributed by atoms with E-state index in [4.69, 9.17) is 46.4 Å². The Morgan fingerprint density at radius 2 is 1.80 bits per heavy atom. The summed E-state index contributed by atoms with van der Waals surface area (Å²) in [6, 6.07) is 6.55. The van der Waals surface area contributed by atoms with Crippen LogP contribution in [-0.2, 0) is 4.79 Å². The number of carbonyl (C=O) groups excluding carboxylic acids is 2. The molecule has 0 aromatic heterocycles. The number of hydrogen-bond acceptors (Lipinski definition) is 2. The van der Waals surface area contributed by atoms with Crippen LogP contribution in [0.4, 0.5) is 14.5 Å². The Morgan fingerprint density at radius 1 is 1.10 bits per heavy atom. The van der Waals surface area contributed by atoms with E-state index in [1.54, 1.807) is 0 Å². The molecule has 1 fully saturated rings. The van der Waals surface area contributed by atoms with Crippen molar-refractivity contribution in [1.82, 2.24) is 0 Å². The smallest absolute Gasteiger partial charge is 0.231 e. The molecule has 1 N–H and O–H groups in total. The van der Waals surface area contributed by atoms with Crippen molar-refractivity contribution in [3.8, 4) is 0 Å². The predicted octanol–water partition coefficient (Wildman–Crippen LogP) is 7.17. The monoisotopic (exact) mass is 493 g/mol. The summed E-state index contributed by atoms with van der Waals surface area (Å²) >= 11 is 24.3. The molecule has 1 aliphatic rings. The lowest BCUT2D eigenvalue weighted by atomic mass is 10.0. The largest absolute Gasteiger partial charge is 0.323 e. The number of carbonyl (C=O) groups is 2. The molecule has 2 aromatic carbocycles. The van der Waals surface area contributed by atoms with Crippen LogP contribution in [0.1, 0.15) is 48.0 Å². The van der Waals surface area contributed by atoms with Crippen molar-refractivity contribution >= 4 is 63.8 Å². The fraction of sp³-hybridized carbons (Fsp3) is 0.333. The summed E-state index contributed by atoms with van der Waals surface area (Å²) in [6.45, 7) is 1.91. The Balaban J connectivity index is 1.82. The van der Waals surface area contributed by atoms with Crippen molar-refractivity contribution < 1.29 is 18.4 Å². The Bertz CT molecular complexity index is 1010. The van der Waals surface area contributed by atoms with Crippen LogP contribution in [-0.4, -0.2) is 16.0 Å². The SMILES string of the molecule is CCCCC(=O)c1c(Cl)ccc(NC(=O)C2C(c3ccc(F)c(Cl)c3)C2(Cl)Cl)c1F. The number of anilines is 1. The van der Waals surface area contributed by atoms with Crippen molar-refractivity contribution in [1.29, 1.82) is 0 Å². The maximum Gasteiger partial charge on any atom is 0.231 e. The minimum Gasteiger partial charge on any atom is -0.323 e. The van der Waals surface area contributed by atoms with Gasteiger partial charge in [0.2, 0.25) is 5.91 Å². The molecule has 160 valence electrons. The van der Waals surface area contributed by atoms with Crippen molar-refractivity contribution in [2.75, 3.05) is 5.32 Å². The van der Waals surface area contributed by atoms with Crippen LogP contribution >= 0.6 is 46.4 Å². The highest BCUT2D eigenvalue weighted by atomic mass is 35.5.